The molecule has 1 aliphatic heterocycles. The number of nitrogens with one attached hydrogen (secondary N) is 1. The molecule has 0 aromatic carbocycles. The first-order valence-corrected chi connectivity index (χ1v) is 7.10. The van der Waals surface area contributed by atoms with Gasteiger partial charge in [-0.1, -0.05) is 0 Å². The fourth-order valence-electron chi connectivity index (χ4n) is 2.28. The van der Waals surface area contributed by atoms with Crippen molar-refractivity contribution in [2.45, 2.75) is 12.8 Å². The van der Waals surface area contributed by atoms with E-state index in [9.17, 15) is 0 Å². The van der Waals surface area contributed by atoms with Crippen molar-refractivity contribution < 1.29 is 4.74 Å². The molecule has 1 aromatic rings. The quantitative estimate of drug-likeness (QED) is 0.449. The van der Waals surface area contributed by atoms with Gasteiger partial charge < -0.3 is 26.5 Å². The van der Waals surface area contributed by atoms with Crippen molar-refractivity contribution in [3.05, 3.63) is 24.0 Å². The van der Waals surface area contributed by atoms with Gasteiger partial charge in [0, 0.05) is 25.0 Å². The van der Waals surface area contributed by atoms with Crippen LogP contribution >= 0.6 is 0 Å². The van der Waals surface area contributed by atoms with E-state index >= 15 is 0 Å². The standard InChI is InChI=1S/C14H24N6O/c1-20(17)8-12(15)11-6-13(14(16)19-7-11)21-9-10-2-4-18-5-3-10/h6-8,10,18H,2-5,9,15,17H2,1H3,(H2,16,19)/b12-8-. The van der Waals surface area contributed by atoms with Gasteiger partial charge in [-0.25, -0.2) is 10.8 Å². The Morgan fingerprint density at radius 2 is 2.24 bits per heavy atom. The van der Waals surface area contributed by atoms with Crippen LogP contribution in [0.4, 0.5) is 5.82 Å². The number of pyridine rings is 1. The van der Waals surface area contributed by atoms with E-state index in [0.29, 0.717) is 29.8 Å². The van der Waals surface area contributed by atoms with Crippen molar-refractivity contribution in [2.75, 3.05) is 32.5 Å². The third-order valence-corrected chi connectivity index (χ3v) is 3.49. The first kappa shape index (κ1) is 15.4. The maximum absolute atomic E-state index is 5.95. The van der Waals surface area contributed by atoms with E-state index in [-0.39, 0.29) is 0 Å². The summed E-state index contributed by atoms with van der Waals surface area (Å²) in [6.45, 7) is 2.73. The van der Waals surface area contributed by atoms with E-state index in [1.165, 1.54) is 5.01 Å². The zero-order valence-electron chi connectivity index (χ0n) is 12.4. The number of nitrogen functional groups attached to an aromatic ring is 1. The van der Waals surface area contributed by atoms with Crippen LogP contribution < -0.4 is 27.4 Å². The van der Waals surface area contributed by atoms with Crippen molar-refractivity contribution >= 4 is 11.5 Å². The van der Waals surface area contributed by atoms with Crippen molar-refractivity contribution in [1.29, 1.82) is 0 Å². The van der Waals surface area contributed by atoms with Gasteiger partial charge in [0.25, 0.3) is 0 Å². The van der Waals surface area contributed by atoms with Gasteiger partial charge >= 0.3 is 0 Å². The number of piperidine rings is 1. The lowest BCUT2D eigenvalue weighted by Crippen LogP contribution is -2.30. The first-order chi connectivity index (χ1) is 10.1. The van der Waals surface area contributed by atoms with E-state index < -0.39 is 0 Å². The molecule has 0 amide bonds. The molecule has 0 spiro atoms. The van der Waals surface area contributed by atoms with Gasteiger partial charge in [-0.2, -0.15) is 0 Å². The minimum Gasteiger partial charge on any atom is -0.489 e. The summed E-state index contributed by atoms with van der Waals surface area (Å²) in [4.78, 5) is 4.13. The summed E-state index contributed by atoms with van der Waals surface area (Å²) in [5.41, 5.74) is 13.1. The van der Waals surface area contributed by atoms with E-state index in [1.807, 2.05) is 0 Å². The highest BCUT2D eigenvalue weighted by molar-refractivity contribution is 5.65. The van der Waals surface area contributed by atoms with E-state index in [1.54, 1.807) is 25.5 Å². The SMILES string of the molecule is CN(N)/C=C(\N)c1cnc(N)c(OCC2CCNCC2)c1. The molecule has 116 valence electrons. The van der Waals surface area contributed by atoms with Crippen LogP contribution in [-0.2, 0) is 0 Å². The number of rotatable bonds is 5. The second-order valence-electron chi connectivity index (χ2n) is 5.36. The third kappa shape index (κ3) is 4.51. The van der Waals surface area contributed by atoms with E-state index in [0.717, 1.165) is 31.5 Å². The van der Waals surface area contributed by atoms with Crippen LogP contribution in [0.25, 0.3) is 5.70 Å². The maximum Gasteiger partial charge on any atom is 0.166 e. The zero-order valence-corrected chi connectivity index (χ0v) is 12.4. The van der Waals surface area contributed by atoms with Gasteiger partial charge in [-0.05, 0) is 37.9 Å². The lowest BCUT2D eigenvalue weighted by Gasteiger charge is -2.23. The van der Waals surface area contributed by atoms with Gasteiger partial charge in [0.1, 0.15) is 0 Å². The molecule has 2 heterocycles. The molecular formula is C14H24N6O. The monoisotopic (exact) mass is 292 g/mol. The highest BCUT2D eigenvalue weighted by atomic mass is 16.5. The predicted molar refractivity (Wildman–Crippen MR) is 83.9 cm³/mol. The van der Waals surface area contributed by atoms with Gasteiger partial charge in [0.15, 0.2) is 11.6 Å². The Labute approximate surface area is 125 Å². The highest BCUT2D eigenvalue weighted by Gasteiger charge is 2.15. The van der Waals surface area contributed by atoms with Crippen molar-refractivity contribution in [3.63, 3.8) is 0 Å². The zero-order chi connectivity index (χ0) is 15.2. The number of hydrazine groups is 1. The molecular weight excluding hydrogens is 268 g/mol. The van der Waals surface area contributed by atoms with Crippen LogP contribution in [0.3, 0.4) is 0 Å². The lowest BCUT2D eigenvalue weighted by molar-refractivity contribution is 0.215. The van der Waals surface area contributed by atoms with Crippen molar-refractivity contribution in [2.24, 2.45) is 17.5 Å². The second kappa shape index (κ2) is 7.14. The van der Waals surface area contributed by atoms with Gasteiger partial charge in [0.05, 0.1) is 12.3 Å². The van der Waals surface area contributed by atoms with Crippen molar-refractivity contribution in [3.8, 4) is 5.75 Å². The number of hydrogen-bond acceptors (Lipinski definition) is 7. The van der Waals surface area contributed by atoms with E-state index in [2.05, 4.69) is 10.3 Å². The molecule has 1 aromatic heterocycles. The molecule has 0 saturated carbocycles. The van der Waals surface area contributed by atoms with Gasteiger partial charge in [-0.15, -0.1) is 0 Å². The Morgan fingerprint density at radius 1 is 1.52 bits per heavy atom. The molecule has 1 aliphatic rings. The molecule has 0 unspecified atom stereocenters. The number of anilines is 1. The molecule has 0 radical (unpaired) electrons. The number of nitrogens with two attached hydrogens (primary N) is 3. The van der Waals surface area contributed by atoms with Crippen LogP contribution in [-0.4, -0.2) is 36.7 Å². The lowest BCUT2D eigenvalue weighted by atomic mass is 9.99. The molecule has 7 nitrogen and oxygen atoms in total. The molecule has 2 rings (SSSR count). The Kier molecular flexibility index (Phi) is 5.24. The van der Waals surface area contributed by atoms with Gasteiger partial charge in [-0.3, -0.25) is 0 Å². The van der Waals surface area contributed by atoms with Crippen LogP contribution in [0.2, 0.25) is 0 Å². The van der Waals surface area contributed by atoms with Crippen LogP contribution in [0.1, 0.15) is 18.4 Å². The van der Waals surface area contributed by atoms with Gasteiger partial charge in [0.2, 0.25) is 0 Å². The summed E-state index contributed by atoms with van der Waals surface area (Å²) in [5.74, 6) is 7.05. The summed E-state index contributed by atoms with van der Waals surface area (Å²) in [7, 11) is 1.70. The number of nitrogens with zero attached hydrogens (tertiary/aromatic N) is 2. The maximum atomic E-state index is 5.95. The first-order valence-electron chi connectivity index (χ1n) is 7.10. The smallest absolute Gasteiger partial charge is 0.166 e. The Hall–Kier alpha value is -1.99. The molecule has 7 heteroatoms. The summed E-state index contributed by atoms with van der Waals surface area (Å²) in [6.07, 6.45) is 5.46. The number of hydrogen-bond donors (Lipinski definition) is 4. The topological polar surface area (TPSA) is 115 Å². The summed E-state index contributed by atoms with van der Waals surface area (Å²) in [5, 5.41) is 4.72. The largest absolute Gasteiger partial charge is 0.489 e. The molecule has 1 saturated heterocycles. The number of aromatic nitrogens is 1. The molecule has 0 bridgehead atoms. The van der Waals surface area contributed by atoms with Crippen LogP contribution in [0, 0.1) is 5.92 Å². The molecule has 7 N–H and O–H groups in total. The minimum absolute atomic E-state index is 0.376. The Morgan fingerprint density at radius 3 is 2.90 bits per heavy atom. The summed E-state index contributed by atoms with van der Waals surface area (Å²) in [6, 6.07) is 1.80. The Balaban J connectivity index is 2.04. The third-order valence-electron chi connectivity index (χ3n) is 3.49. The highest BCUT2D eigenvalue weighted by Crippen LogP contribution is 2.24. The normalized spacial score (nSPS) is 16.8. The molecule has 1 fully saturated rings. The Bertz CT molecular complexity index is 496. The predicted octanol–water partition coefficient (Wildman–Crippen LogP) is 0.105. The molecule has 21 heavy (non-hydrogen) atoms. The fraction of sp³-hybridized carbons (Fsp3) is 0.500. The average Bonchev–Trinajstić information content (AvgIpc) is 2.46. The summed E-state index contributed by atoms with van der Waals surface area (Å²) < 4.78 is 5.83. The molecule has 0 aliphatic carbocycles. The second-order valence-corrected chi connectivity index (χ2v) is 5.36. The minimum atomic E-state index is 0.376. The van der Waals surface area contributed by atoms with E-state index in [4.69, 9.17) is 22.0 Å². The van der Waals surface area contributed by atoms with Crippen LogP contribution in [0.5, 0.6) is 5.75 Å². The van der Waals surface area contributed by atoms with Crippen molar-refractivity contribution in [1.82, 2.24) is 15.3 Å². The fourth-order valence-corrected chi connectivity index (χ4v) is 2.28. The molecule has 0 atom stereocenters. The van der Waals surface area contributed by atoms with Crippen LogP contribution in [0.15, 0.2) is 18.5 Å². The average molecular weight is 292 g/mol. The number of ether oxygens (including phenoxy) is 1. The summed E-state index contributed by atoms with van der Waals surface area (Å²) >= 11 is 0.